The van der Waals surface area contributed by atoms with Crippen LogP contribution in [0.15, 0.2) is 0 Å². The molecule has 1 heterocycles. The van der Waals surface area contributed by atoms with Crippen LogP contribution in [0, 0.1) is 0 Å². The normalized spacial score (nSPS) is 32.6. The lowest BCUT2D eigenvalue weighted by molar-refractivity contribution is -0.159. The first-order valence-electron chi connectivity index (χ1n) is 5.16. The molecule has 82 valence electrons. The lowest BCUT2D eigenvalue weighted by atomic mass is 10.0. The Morgan fingerprint density at radius 1 is 1.43 bits per heavy atom. The van der Waals surface area contributed by atoms with Crippen LogP contribution in [-0.4, -0.2) is 30.8 Å². The lowest BCUT2D eigenvalue weighted by Gasteiger charge is -2.31. The van der Waals surface area contributed by atoms with E-state index in [1.165, 1.54) is 0 Å². The molecule has 2 atom stereocenters. The van der Waals surface area contributed by atoms with Crippen molar-refractivity contribution in [1.29, 1.82) is 0 Å². The molecule has 0 saturated carbocycles. The van der Waals surface area contributed by atoms with E-state index in [0.717, 1.165) is 12.8 Å². The number of rotatable bonds is 3. The molecule has 4 heteroatoms. The first-order chi connectivity index (χ1) is 6.61. The fraction of sp³-hybridized carbons (Fsp3) is 0.900. The number of carbonyl (C=O) groups excluding carboxylic acids is 1. The summed E-state index contributed by atoms with van der Waals surface area (Å²) in [5.74, 6) is -0.196. The van der Waals surface area contributed by atoms with Crippen molar-refractivity contribution in [1.82, 2.24) is 0 Å². The van der Waals surface area contributed by atoms with Gasteiger partial charge in [0.25, 0.3) is 0 Å². The second-order valence-corrected chi connectivity index (χ2v) is 3.88. The molecule has 0 aliphatic carbocycles. The average Bonchev–Trinajstić information content (AvgIpc) is 2.01. The van der Waals surface area contributed by atoms with Crippen molar-refractivity contribution < 1.29 is 14.3 Å². The van der Waals surface area contributed by atoms with E-state index in [4.69, 9.17) is 15.2 Å². The maximum absolute atomic E-state index is 11.2. The molecule has 0 radical (unpaired) electrons. The van der Waals surface area contributed by atoms with E-state index in [1.807, 2.05) is 13.8 Å². The van der Waals surface area contributed by atoms with Gasteiger partial charge in [-0.1, -0.05) is 0 Å². The van der Waals surface area contributed by atoms with Gasteiger partial charge >= 0.3 is 5.97 Å². The van der Waals surface area contributed by atoms with Crippen LogP contribution in [-0.2, 0) is 14.3 Å². The van der Waals surface area contributed by atoms with Gasteiger partial charge in [-0.3, -0.25) is 4.79 Å². The molecule has 0 aromatic carbocycles. The Hall–Kier alpha value is -0.610. The second kappa shape index (κ2) is 5.32. The van der Waals surface area contributed by atoms with Crippen LogP contribution in [0.1, 0.15) is 33.1 Å². The summed E-state index contributed by atoms with van der Waals surface area (Å²) >= 11 is 0. The van der Waals surface area contributed by atoms with Gasteiger partial charge < -0.3 is 15.2 Å². The summed E-state index contributed by atoms with van der Waals surface area (Å²) in [6, 6.07) is 0. The van der Waals surface area contributed by atoms with Crippen LogP contribution in [0.25, 0.3) is 0 Å². The monoisotopic (exact) mass is 201 g/mol. The Kier molecular flexibility index (Phi) is 4.35. The third kappa shape index (κ3) is 3.64. The number of ether oxygens (including phenoxy) is 2. The van der Waals surface area contributed by atoms with E-state index < -0.39 is 0 Å². The smallest absolute Gasteiger partial charge is 0.307 e. The second-order valence-electron chi connectivity index (χ2n) is 3.88. The van der Waals surface area contributed by atoms with E-state index in [-0.39, 0.29) is 24.3 Å². The van der Waals surface area contributed by atoms with Gasteiger partial charge in [0.05, 0.1) is 18.6 Å². The largest absolute Gasteiger partial charge is 0.462 e. The summed E-state index contributed by atoms with van der Waals surface area (Å²) in [7, 11) is 0. The van der Waals surface area contributed by atoms with Gasteiger partial charge in [-0.2, -0.15) is 0 Å². The molecule has 0 aromatic rings. The summed E-state index contributed by atoms with van der Waals surface area (Å²) in [4.78, 5) is 11.2. The zero-order valence-electron chi connectivity index (χ0n) is 8.86. The number of carbonyl (C=O) groups is 1. The van der Waals surface area contributed by atoms with Crippen molar-refractivity contribution in [2.24, 2.45) is 5.73 Å². The maximum Gasteiger partial charge on any atom is 0.307 e. The van der Waals surface area contributed by atoms with Crippen molar-refractivity contribution in [2.75, 3.05) is 6.54 Å². The van der Waals surface area contributed by atoms with Gasteiger partial charge in [-0.15, -0.1) is 0 Å². The van der Waals surface area contributed by atoms with Crippen molar-refractivity contribution in [2.45, 2.75) is 51.4 Å². The molecule has 4 nitrogen and oxygen atoms in total. The summed E-state index contributed by atoms with van der Waals surface area (Å²) < 4.78 is 10.8. The van der Waals surface area contributed by atoms with Gasteiger partial charge in [0.2, 0.25) is 0 Å². The van der Waals surface area contributed by atoms with E-state index >= 15 is 0 Å². The van der Waals surface area contributed by atoms with Crippen LogP contribution in [0.5, 0.6) is 0 Å². The van der Waals surface area contributed by atoms with E-state index in [9.17, 15) is 4.79 Å². The molecule has 2 unspecified atom stereocenters. The average molecular weight is 201 g/mol. The fourth-order valence-corrected chi connectivity index (χ4v) is 1.80. The third-order valence-electron chi connectivity index (χ3n) is 2.30. The number of hydrogen-bond donors (Lipinski definition) is 1. The number of hydrogen-bond acceptors (Lipinski definition) is 4. The minimum absolute atomic E-state index is 0.00722. The van der Waals surface area contributed by atoms with Crippen LogP contribution in [0.4, 0.5) is 0 Å². The SMILES string of the molecule is CC1CC(OC(=O)CCN)CC(C)O1. The Labute approximate surface area is 84.7 Å². The molecule has 2 N–H and O–H groups in total. The molecular weight excluding hydrogens is 182 g/mol. The van der Waals surface area contributed by atoms with E-state index in [2.05, 4.69) is 0 Å². The predicted molar refractivity (Wildman–Crippen MR) is 52.8 cm³/mol. The first kappa shape index (κ1) is 11.5. The molecule has 0 bridgehead atoms. The minimum atomic E-state index is -0.196. The van der Waals surface area contributed by atoms with Gasteiger partial charge in [0, 0.05) is 19.4 Å². The number of nitrogens with two attached hydrogens (primary N) is 1. The third-order valence-corrected chi connectivity index (χ3v) is 2.30. The highest BCUT2D eigenvalue weighted by Gasteiger charge is 2.26. The van der Waals surface area contributed by atoms with Gasteiger partial charge in [-0.05, 0) is 13.8 Å². The quantitative estimate of drug-likeness (QED) is 0.687. The molecule has 0 spiro atoms. The van der Waals surface area contributed by atoms with Crippen LogP contribution in [0.3, 0.4) is 0 Å². The molecule has 0 amide bonds. The highest BCUT2D eigenvalue weighted by Crippen LogP contribution is 2.21. The molecule has 0 aromatic heterocycles. The minimum Gasteiger partial charge on any atom is -0.462 e. The Balaban J connectivity index is 2.33. The van der Waals surface area contributed by atoms with Crippen LogP contribution >= 0.6 is 0 Å². The van der Waals surface area contributed by atoms with Crippen LogP contribution < -0.4 is 5.73 Å². The Morgan fingerprint density at radius 3 is 2.50 bits per heavy atom. The standard InChI is InChI=1S/C10H19NO3/c1-7-5-9(6-8(2)13-7)14-10(12)3-4-11/h7-9H,3-6,11H2,1-2H3. The zero-order chi connectivity index (χ0) is 10.6. The predicted octanol–water partition coefficient (Wildman–Crippen LogP) is 0.834. The Bertz CT molecular complexity index is 186. The molecule has 1 rings (SSSR count). The highest BCUT2D eigenvalue weighted by molar-refractivity contribution is 5.69. The zero-order valence-corrected chi connectivity index (χ0v) is 8.86. The molecular formula is C10H19NO3. The lowest BCUT2D eigenvalue weighted by Crippen LogP contribution is -2.35. The van der Waals surface area contributed by atoms with Gasteiger partial charge in [0.1, 0.15) is 6.10 Å². The van der Waals surface area contributed by atoms with Gasteiger partial charge in [0.15, 0.2) is 0 Å². The van der Waals surface area contributed by atoms with Crippen LogP contribution in [0.2, 0.25) is 0 Å². The Morgan fingerprint density at radius 2 is 2.00 bits per heavy atom. The maximum atomic E-state index is 11.2. The fourth-order valence-electron chi connectivity index (χ4n) is 1.80. The van der Waals surface area contributed by atoms with E-state index in [1.54, 1.807) is 0 Å². The molecule has 1 aliphatic heterocycles. The molecule has 1 saturated heterocycles. The van der Waals surface area contributed by atoms with Crippen molar-refractivity contribution >= 4 is 5.97 Å². The summed E-state index contributed by atoms with van der Waals surface area (Å²) in [5.41, 5.74) is 5.26. The van der Waals surface area contributed by atoms with E-state index in [0.29, 0.717) is 13.0 Å². The topological polar surface area (TPSA) is 61.5 Å². The first-order valence-corrected chi connectivity index (χ1v) is 5.16. The number of esters is 1. The molecule has 1 fully saturated rings. The molecule has 1 aliphatic rings. The van der Waals surface area contributed by atoms with Gasteiger partial charge in [-0.25, -0.2) is 0 Å². The summed E-state index contributed by atoms with van der Waals surface area (Å²) in [6.45, 7) is 4.35. The van der Waals surface area contributed by atoms with Crippen molar-refractivity contribution in [3.8, 4) is 0 Å². The summed E-state index contributed by atoms with van der Waals surface area (Å²) in [5, 5.41) is 0. The molecule has 14 heavy (non-hydrogen) atoms. The highest BCUT2D eigenvalue weighted by atomic mass is 16.6. The van der Waals surface area contributed by atoms with Crippen molar-refractivity contribution in [3.63, 3.8) is 0 Å². The summed E-state index contributed by atoms with van der Waals surface area (Å²) in [6.07, 6.45) is 2.25. The van der Waals surface area contributed by atoms with Crippen molar-refractivity contribution in [3.05, 3.63) is 0 Å².